The van der Waals surface area contributed by atoms with Crippen molar-refractivity contribution in [1.29, 1.82) is 0 Å². The topological polar surface area (TPSA) is 87.7 Å². The second kappa shape index (κ2) is 10.5. The average molecular weight is 424 g/mol. The van der Waals surface area contributed by atoms with E-state index in [1.807, 2.05) is 4.90 Å². The van der Waals surface area contributed by atoms with Gasteiger partial charge < -0.3 is 20.3 Å². The number of hydrogen-bond acceptors (Lipinski definition) is 4. The Bertz CT molecular complexity index is 725. The highest BCUT2D eigenvalue weighted by Crippen LogP contribution is 2.18. The van der Waals surface area contributed by atoms with E-state index >= 15 is 0 Å². The van der Waals surface area contributed by atoms with Crippen LogP contribution in [-0.2, 0) is 9.53 Å². The van der Waals surface area contributed by atoms with E-state index in [0.717, 1.165) is 12.8 Å². The number of carbonyl (C=O) groups excluding carboxylic acids is 3. The first-order chi connectivity index (χ1) is 13.7. The van der Waals surface area contributed by atoms with Crippen molar-refractivity contribution in [2.45, 2.75) is 45.6 Å². The number of benzene rings is 1. The van der Waals surface area contributed by atoms with Crippen LogP contribution in [0.1, 0.15) is 50.4 Å². The Morgan fingerprint density at radius 2 is 1.79 bits per heavy atom. The Hall–Kier alpha value is -2.28. The summed E-state index contributed by atoms with van der Waals surface area (Å²) in [5, 5.41) is 5.97. The van der Waals surface area contributed by atoms with Crippen LogP contribution in [0.25, 0.3) is 0 Å². The molecule has 1 aliphatic rings. The molecule has 160 valence electrons. The predicted molar refractivity (Wildman–Crippen MR) is 112 cm³/mol. The highest BCUT2D eigenvalue weighted by Gasteiger charge is 2.23. The molecule has 1 heterocycles. The number of ether oxygens (including phenoxy) is 1. The maximum atomic E-state index is 12.3. The molecule has 2 N–H and O–H groups in total. The molecular formula is C21H30ClN3O4. The molecular weight excluding hydrogens is 394 g/mol. The number of halogens is 1. The molecule has 0 aliphatic carbocycles. The van der Waals surface area contributed by atoms with Gasteiger partial charge in [0.15, 0.2) is 0 Å². The van der Waals surface area contributed by atoms with E-state index in [1.165, 1.54) is 0 Å². The minimum Gasteiger partial charge on any atom is -0.444 e. The molecule has 29 heavy (non-hydrogen) atoms. The number of amides is 3. The van der Waals surface area contributed by atoms with Crippen molar-refractivity contribution in [1.82, 2.24) is 15.5 Å². The summed E-state index contributed by atoms with van der Waals surface area (Å²) in [6.45, 7) is 7.49. The van der Waals surface area contributed by atoms with Gasteiger partial charge in [0.25, 0.3) is 5.91 Å². The van der Waals surface area contributed by atoms with Gasteiger partial charge >= 0.3 is 6.09 Å². The summed E-state index contributed by atoms with van der Waals surface area (Å²) < 4.78 is 5.15. The SMILES string of the molecule is CC(C)(C)OC(=O)NCCC(=O)N1CCC(CNC(=O)c2ccccc2Cl)CC1. The monoisotopic (exact) mass is 423 g/mol. The first-order valence-electron chi connectivity index (χ1n) is 9.93. The van der Waals surface area contributed by atoms with Crippen LogP contribution in [0, 0.1) is 5.92 Å². The molecule has 8 heteroatoms. The van der Waals surface area contributed by atoms with Gasteiger partial charge in [0.2, 0.25) is 5.91 Å². The van der Waals surface area contributed by atoms with Gasteiger partial charge in [-0.25, -0.2) is 4.79 Å². The van der Waals surface area contributed by atoms with Crippen LogP contribution in [0.4, 0.5) is 4.79 Å². The molecule has 0 atom stereocenters. The highest BCUT2D eigenvalue weighted by atomic mass is 35.5. The van der Waals surface area contributed by atoms with E-state index in [4.69, 9.17) is 16.3 Å². The zero-order valence-corrected chi connectivity index (χ0v) is 18.1. The van der Waals surface area contributed by atoms with E-state index in [-0.39, 0.29) is 24.8 Å². The second-order valence-corrected chi connectivity index (χ2v) is 8.60. The quantitative estimate of drug-likeness (QED) is 0.735. The van der Waals surface area contributed by atoms with Gasteiger partial charge in [-0.3, -0.25) is 9.59 Å². The summed E-state index contributed by atoms with van der Waals surface area (Å²) in [6, 6.07) is 6.96. The third-order valence-corrected chi connectivity index (χ3v) is 4.97. The van der Waals surface area contributed by atoms with E-state index in [1.54, 1.807) is 45.0 Å². The fourth-order valence-corrected chi connectivity index (χ4v) is 3.33. The molecule has 0 saturated carbocycles. The summed E-state index contributed by atoms with van der Waals surface area (Å²) in [6.07, 6.45) is 1.38. The number of carbonyl (C=O) groups is 3. The van der Waals surface area contributed by atoms with Gasteiger partial charge in [-0.2, -0.15) is 0 Å². The molecule has 3 amide bonds. The largest absolute Gasteiger partial charge is 0.444 e. The van der Waals surface area contributed by atoms with Crippen molar-refractivity contribution in [3.05, 3.63) is 34.9 Å². The number of nitrogens with one attached hydrogen (secondary N) is 2. The van der Waals surface area contributed by atoms with Crippen molar-refractivity contribution in [3.63, 3.8) is 0 Å². The fourth-order valence-electron chi connectivity index (χ4n) is 3.11. The van der Waals surface area contributed by atoms with Gasteiger partial charge in [-0.05, 0) is 51.7 Å². The van der Waals surface area contributed by atoms with Gasteiger partial charge in [-0.15, -0.1) is 0 Å². The predicted octanol–water partition coefficient (Wildman–Crippen LogP) is 3.22. The summed E-state index contributed by atoms with van der Waals surface area (Å²) in [4.78, 5) is 38.0. The lowest BCUT2D eigenvalue weighted by Gasteiger charge is -2.32. The molecule has 0 bridgehead atoms. The molecule has 0 spiro atoms. The zero-order chi connectivity index (χ0) is 21.4. The first kappa shape index (κ1) is 23.0. The number of hydrogen-bond donors (Lipinski definition) is 2. The molecule has 1 saturated heterocycles. The molecule has 1 fully saturated rings. The molecule has 1 aromatic carbocycles. The zero-order valence-electron chi connectivity index (χ0n) is 17.3. The summed E-state index contributed by atoms with van der Waals surface area (Å²) in [5.74, 6) is 0.160. The van der Waals surface area contributed by atoms with Crippen molar-refractivity contribution in [2.75, 3.05) is 26.2 Å². The number of alkyl carbamates (subject to hydrolysis) is 1. The third-order valence-electron chi connectivity index (χ3n) is 4.64. The fraction of sp³-hybridized carbons (Fsp3) is 0.571. The first-order valence-corrected chi connectivity index (χ1v) is 10.3. The lowest BCUT2D eigenvalue weighted by molar-refractivity contribution is -0.132. The van der Waals surface area contributed by atoms with Crippen molar-refractivity contribution >= 4 is 29.5 Å². The summed E-state index contributed by atoms with van der Waals surface area (Å²) in [5.41, 5.74) is -0.0868. The number of piperidine rings is 1. The van der Waals surface area contributed by atoms with Gasteiger partial charge in [0.05, 0.1) is 10.6 Å². The average Bonchev–Trinajstić information content (AvgIpc) is 2.65. The Morgan fingerprint density at radius 3 is 2.41 bits per heavy atom. The molecule has 0 aromatic heterocycles. The lowest BCUT2D eigenvalue weighted by atomic mass is 9.96. The van der Waals surface area contributed by atoms with Gasteiger partial charge in [0.1, 0.15) is 5.60 Å². The second-order valence-electron chi connectivity index (χ2n) is 8.19. The summed E-state index contributed by atoms with van der Waals surface area (Å²) in [7, 11) is 0. The van der Waals surface area contributed by atoms with Crippen molar-refractivity contribution in [2.24, 2.45) is 5.92 Å². The molecule has 1 aliphatic heterocycles. The van der Waals surface area contributed by atoms with Crippen LogP contribution >= 0.6 is 11.6 Å². The smallest absolute Gasteiger partial charge is 0.407 e. The minimum absolute atomic E-state index is 0.0135. The molecule has 1 aromatic rings. The molecule has 0 unspecified atom stereocenters. The van der Waals surface area contributed by atoms with Crippen LogP contribution in [0.3, 0.4) is 0 Å². The summed E-state index contributed by atoms with van der Waals surface area (Å²) >= 11 is 6.05. The van der Waals surface area contributed by atoms with E-state index in [2.05, 4.69) is 10.6 Å². The van der Waals surface area contributed by atoms with Crippen molar-refractivity contribution < 1.29 is 19.1 Å². The van der Waals surface area contributed by atoms with Crippen LogP contribution in [0.2, 0.25) is 5.02 Å². The van der Waals surface area contributed by atoms with Gasteiger partial charge in [-0.1, -0.05) is 23.7 Å². The maximum absolute atomic E-state index is 12.3. The number of nitrogens with zero attached hydrogens (tertiary/aromatic N) is 1. The molecule has 0 radical (unpaired) electrons. The Labute approximate surface area is 177 Å². The van der Waals surface area contributed by atoms with Gasteiger partial charge in [0, 0.05) is 32.6 Å². The van der Waals surface area contributed by atoms with Crippen LogP contribution in [0.5, 0.6) is 0 Å². The normalized spacial score (nSPS) is 15.0. The standard InChI is InChI=1S/C21H30ClN3O4/c1-21(2,3)29-20(28)23-11-8-18(26)25-12-9-15(10-13-25)14-24-19(27)16-6-4-5-7-17(16)22/h4-7,15H,8-14H2,1-3H3,(H,23,28)(H,24,27). The lowest BCUT2D eigenvalue weighted by Crippen LogP contribution is -2.42. The molecule has 7 nitrogen and oxygen atoms in total. The van der Waals surface area contributed by atoms with E-state index < -0.39 is 11.7 Å². The number of rotatable bonds is 6. The highest BCUT2D eigenvalue weighted by molar-refractivity contribution is 6.33. The van der Waals surface area contributed by atoms with E-state index in [0.29, 0.717) is 36.1 Å². The Morgan fingerprint density at radius 1 is 1.14 bits per heavy atom. The third kappa shape index (κ3) is 7.93. The van der Waals surface area contributed by atoms with Crippen LogP contribution in [0.15, 0.2) is 24.3 Å². The minimum atomic E-state index is -0.558. The maximum Gasteiger partial charge on any atom is 0.407 e. The number of likely N-dealkylation sites (tertiary alicyclic amines) is 1. The van der Waals surface area contributed by atoms with E-state index in [9.17, 15) is 14.4 Å². The molecule has 2 rings (SSSR count). The Kier molecular flexibility index (Phi) is 8.32. The van der Waals surface area contributed by atoms with Crippen LogP contribution < -0.4 is 10.6 Å². The Balaban J connectivity index is 1.65. The van der Waals surface area contributed by atoms with Crippen molar-refractivity contribution in [3.8, 4) is 0 Å². The van der Waals surface area contributed by atoms with Crippen LogP contribution in [-0.4, -0.2) is 54.6 Å².